The molecule has 5 heteroatoms. The summed E-state index contributed by atoms with van der Waals surface area (Å²) >= 11 is 0. The van der Waals surface area contributed by atoms with Crippen LogP contribution in [0.25, 0.3) is 10.8 Å². The van der Waals surface area contributed by atoms with Crippen LogP contribution in [-0.2, 0) is 11.3 Å². The number of carbonyl (C=O) groups is 1. The molecule has 0 unspecified atom stereocenters. The molecular weight excluding hydrogens is 393 g/mol. The van der Waals surface area contributed by atoms with Crippen LogP contribution in [0, 0.1) is 5.82 Å². The zero-order valence-electron chi connectivity index (χ0n) is 17.1. The summed E-state index contributed by atoms with van der Waals surface area (Å²) in [5.41, 5.74) is 1.52. The Morgan fingerprint density at radius 1 is 0.839 bits per heavy atom. The third-order valence-corrected chi connectivity index (χ3v) is 5.02. The minimum atomic E-state index is -0.314. The summed E-state index contributed by atoms with van der Waals surface area (Å²) in [5, 5.41) is 2.16. The lowest BCUT2D eigenvalue weighted by Gasteiger charge is -2.23. The van der Waals surface area contributed by atoms with Gasteiger partial charge >= 0.3 is 0 Å². The SMILES string of the molecule is COc1ccc(N(Cc2ccc(F)cc2)C(=O)COc2ccc3ccccc3c2)cc1. The van der Waals surface area contributed by atoms with Crippen LogP contribution in [0.3, 0.4) is 0 Å². The number of fused-ring (bicyclic) bond motifs is 1. The maximum Gasteiger partial charge on any atom is 0.265 e. The Hall–Kier alpha value is -3.86. The van der Waals surface area contributed by atoms with Crippen molar-refractivity contribution in [1.82, 2.24) is 0 Å². The van der Waals surface area contributed by atoms with Gasteiger partial charge in [0, 0.05) is 5.69 Å². The van der Waals surface area contributed by atoms with Gasteiger partial charge in [-0.3, -0.25) is 4.79 Å². The number of methoxy groups -OCH3 is 1. The second kappa shape index (κ2) is 9.30. The topological polar surface area (TPSA) is 38.8 Å². The third-order valence-electron chi connectivity index (χ3n) is 5.02. The second-order valence-electron chi connectivity index (χ2n) is 7.10. The molecule has 0 atom stereocenters. The zero-order valence-corrected chi connectivity index (χ0v) is 17.1. The molecule has 0 heterocycles. The fourth-order valence-corrected chi connectivity index (χ4v) is 3.34. The number of carbonyl (C=O) groups excluding carboxylic acids is 1. The lowest BCUT2D eigenvalue weighted by atomic mass is 10.1. The molecule has 0 saturated heterocycles. The van der Waals surface area contributed by atoms with Crippen LogP contribution in [-0.4, -0.2) is 19.6 Å². The highest BCUT2D eigenvalue weighted by atomic mass is 19.1. The number of hydrogen-bond acceptors (Lipinski definition) is 3. The molecule has 156 valence electrons. The molecule has 0 bridgehead atoms. The summed E-state index contributed by atoms with van der Waals surface area (Å²) in [7, 11) is 1.59. The Labute approximate surface area is 180 Å². The van der Waals surface area contributed by atoms with E-state index in [9.17, 15) is 9.18 Å². The van der Waals surface area contributed by atoms with Gasteiger partial charge < -0.3 is 14.4 Å². The van der Waals surface area contributed by atoms with Crippen molar-refractivity contribution in [2.75, 3.05) is 18.6 Å². The van der Waals surface area contributed by atoms with E-state index < -0.39 is 0 Å². The first kappa shape index (κ1) is 20.4. The van der Waals surface area contributed by atoms with Crippen molar-refractivity contribution in [3.05, 3.63) is 102 Å². The minimum Gasteiger partial charge on any atom is -0.497 e. The van der Waals surface area contributed by atoms with Crippen molar-refractivity contribution in [1.29, 1.82) is 0 Å². The molecule has 0 aliphatic heterocycles. The van der Waals surface area contributed by atoms with Gasteiger partial charge in [0.2, 0.25) is 0 Å². The zero-order chi connectivity index (χ0) is 21.6. The molecule has 0 saturated carbocycles. The van der Waals surface area contributed by atoms with Gasteiger partial charge in [-0.15, -0.1) is 0 Å². The predicted molar refractivity (Wildman–Crippen MR) is 120 cm³/mol. The number of hydrogen-bond donors (Lipinski definition) is 0. The summed E-state index contributed by atoms with van der Waals surface area (Å²) in [4.78, 5) is 14.7. The maximum absolute atomic E-state index is 13.3. The average molecular weight is 415 g/mol. The van der Waals surface area contributed by atoms with E-state index in [0.717, 1.165) is 16.3 Å². The van der Waals surface area contributed by atoms with Gasteiger partial charge in [-0.1, -0.05) is 42.5 Å². The van der Waals surface area contributed by atoms with Gasteiger partial charge in [-0.2, -0.15) is 0 Å². The van der Waals surface area contributed by atoms with Crippen LogP contribution in [0.2, 0.25) is 0 Å². The van der Waals surface area contributed by atoms with Crippen LogP contribution < -0.4 is 14.4 Å². The van der Waals surface area contributed by atoms with Gasteiger partial charge in [0.15, 0.2) is 6.61 Å². The Morgan fingerprint density at radius 2 is 1.52 bits per heavy atom. The molecule has 4 nitrogen and oxygen atoms in total. The highest BCUT2D eigenvalue weighted by molar-refractivity contribution is 5.94. The molecule has 31 heavy (non-hydrogen) atoms. The number of amides is 1. The van der Waals surface area contributed by atoms with E-state index in [4.69, 9.17) is 9.47 Å². The number of halogens is 1. The van der Waals surface area contributed by atoms with E-state index in [1.165, 1.54) is 12.1 Å². The Balaban J connectivity index is 1.53. The summed E-state index contributed by atoms with van der Waals surface area (Å²) in [6.07, 6.45) is 0. The number of anilines is 1. The van der Waals surface area contributed by atoms with Crippen molar-refractivity contribution in [3.8, 4) is 11.5 Å². The van der Waals surface area contributed by atoms with Crippen LogP contribution in [0.1, 0.15) is 5.56 Å². The van der Waals surface area contributed by atoms with Crippen LogP contribution in [0.15, 0.2) is 91.0 Å². The quantitative estimate of drug-likeness (QED) is 0.394. The summed E-state index contributed by atoms with van der Waals surface area (Å²) in [6.45, 7) is 0.179. The normalized spacial score (nSPS) is 10.6. The van der Waals surface area contributed by atoms with E-state index in [1.807, 2.05) is 54.6 Å². The molecule has 0 spiro atoms. The van der Waals surface area contributed by atoms with E-state index in [-0.39, 0.29) is 18.3 Å². The summed E-state index contributed by atoms with van der Waals surface area (Å²) in [5.74, 6) is 0.808. The molecular formula is C26H22FNO3. The highest BCUT2D eigenvalue weighted by Crippen LogP contribution is 2.23. The van der Waals surface area contributed by atoms with E-state index in [1.54, 1.807) is 36.3 Å². The van der Waals surface area contributed by atoms with Crippen molar-refractivity contribution in [2.24, 2.45) is 0 Å². The van der Waals surface area contributed by atoms with Crippen molar-refractivity contribution >= 4 is 22.4 Å². The summed E-state index contributed by atoms with van der Waals surface area (Å²) in [6, 6.07) is 27.0. The highest BCUT2D eigenvalue weighted by Gasteiger charge is 2.17. The first-order chi connectivity index (χ1) is 15.1. The Morgan fingerprint density at radius 3 is 2.23 bits per heavy atom. The molecule has 0 aliphatic rings. The molecule has 4 aromatic rings. The fourth-order valence-electron chi connectivity index (χ4n) is 3.34. The van der Waals surface area contributed by atoms with E-state index >= 15 is 0 Å². The van der Waals surface area contributed by atoms with Crippen LogP contribution >= 0.6 is 0 Å². The van der Waals surface area contributed by atoms with E-state index in [0.29, 0.717) is 23.7 Å². The minimum absolute atomic E-state index is 0.119. The largest absolute Gasteiger partial charge is 0.497 e. The first-order valence-electron chi connectivity index (χ1n) is 9.93. The molecule has 0 aromatic heterocycles. The van der Waals surface area contributed by atoms with Crippen molar-refractivity contribution in [2.45, 2.75) is 6.54 Å². The van der Waals surface area contributed by atoms with Crippen molar-refractivity contribution < 1.29 is 18.7 Å². The smallest absolute Gasteiger partial charge is 0.265 e. The van der Waals surface area contributed by atoms with Crippen LogP contribution in [0.5, 0.6) is 11.5 Å². The average Bonchev–Trinajstić information content (AvgIpc) is 2.82. The predicted octanol–water partition coefficient (Wildman–Crippen LogP) is 5.60. The van der Waals surface area contributed by atoms with Gasteiger partial charge in [-0.25, -0.2) is 4.39 Å². The monoisotopic (exact) mass is 415 g/mol. The molecule has 0 radical (unpaired) electrons. The first-order valence-corrected chi connectivity index (χ1v) is 9.93. The Bertz CT molecular complexity index is 1170. The number of ether oxygens (including phenoxy) is 2. The van der Waals surface area contributed by atoms with Gasteiger partial charge in [-0.05, 0) is 64.9 Å². The van der Waals surface area contributed by atoms with Crippen molar-refractivity contribution in [3.63, 3.8) is 0 Å². The number of nitrogens with zero attached hydrogens (tertiary/aromatic N) is 1. The third kappa shape index (κ3) is 5.01. The fraction of sp³-hybridized carbons (Fsp3) is 0.115. The lowest BCUT2D eigenvalue weighted by molar-refractivity contribution is -0.120. The standard InChI is InChI=1S/C26H22FNO3/c1-30-24-14-11-23(12-15-24)28(17-19-6-9-22(27)10-7-19)26(29)18-31-25-13-8-20-4-2-3-5-21(20)16-25/h2-16H,17-18H2,1H3. The molecule has 4 rings (SSSR count). The van der Waals surface area contributed by atoms with Gasteiger partial charge in [0.1, 0.15) is 17.3 Å². The molecule has 1 amide bonds. The summed E-state index contributed by atoms with van der Waals surface area (Å²) < 4.78 is 24.3. The van der Waals surface area contributed by atoms with Gasteiger partial charge in [0.25, 0.3) is 5.91 Å². The van der Waals surface area contributed by atoms with Crippen LogP contribution in [0.4, 0.5) is 10.1 Å². The molecule has 0 aliphatic carbocycles. The van der Waals surface area contributed by atoms with Gasteiger partial charge in [0.05, 0.1) is 13.7 Å². The number of rotatable bonds is 7. The number of benzene rings is 4. The maximum atomic E-state index is 13.3. The molecule has 0 fully saturated rings. The molecule has 4 aromatic carbocycles. The second-order valence-corrected chi connectivity index (χ2v) is 7.10. The van der Waals surface area contributed by atoms with E-state index in [2.05, 4.69) is 0 Å². The molecule has 0 N–H and O–H groups in total. The Kier molecular flexibility index (Phi) is 6.13. The lowest BCUT2D eigenvalue weighted by Crippen LogP contribution is -2.34.